The topological polar surface area (TPSA) is 0 Å². The van der Waals surface area contributed by atoms with Crippen molar-refractivity contribution in [3.8, 4) is 0 Å². The van der Waals surface area contributed by atoms with E-state index in [2.05, 4.69) is 6.58 Å². The Morgan fingerprint density at radius 3 is 0.840 bits per heavy atom. The minimum absolute atomic E-state index is 0.238. The Hall–Kier alpha value is -1.24. The average Bonchev–Trinajstić information content (AvgIpc) is 2.31. The molecular formula is C11H8F14. The van der Waals surface area contributed by atoms with Gasteiger partial charge in [0, 0.05) is 12.8 Å². The van der Waals surface area contributed by atoms with Crippen molar-refractivity contribution in [2.45, 2.75) is 48.9 Å². The van der Waals surface area contributed by atoms with E-state index in [0.717, 1.165) is 0 Å². The summed E-state index contributed by atoms with van der Waals surface area (Å²) in [6.07, 6.45) is -33.0. The monoisotopic (exact) mass is 406 g/mol. The fourth-order valence-electron chi connectivity index (χ4n) is 1.75. The van der Waals surface area contributed by atoms with Gasteiger partial charge in [-0.25, -0.2) is 8.78 Å². The summed E-state index contributed by atoms with van der Waals surface area (Å²) in [5.41, 5.74) is -12.3. The molecule has 0 fully saturated rings. The Bertz CT molecular complexity index is 393. The Morgan fingerprint density at radius 1 is 0.520 bits per heavy atom. The second-order valence-corrected chi connectivity index (χ2v) is 5.00. The average molecular weight is 406 g/mol. The number of rotatable bonds is 5. The normalized spacial score (nSPS) is 15.6. The van der Waals surface area contributed by atoms with Gasteiger partial charge < -0.3 is 0 Å². The lowest BCUT2D eigenvalue weighted by Crippen LogP contribution is -2.57. The SMILES string of the molecule is C=CC(CC(F)(C(F)(F)F)C(F)(F)F)CC(F)(C(F)(F)F)C(F)(F)F. The summed E-state index contributed by atoms with van der Waals surface area (Å²) in [6, 6.07) is 0. The van der Waals surface area contributed by atoms with Crippen LogP contribution in [0.25, 0.3) is 0 Å². The summed E-state index contributed by atoms with van der Waals surface area (Å²) >= 11 is 0. The Kier molecular flexibility index (Phi) is 6.16. The molecule has 0 aliphatic heterocycles. The van der Waals surface area contributed by atoms with Crippen molar-refractivity contribution in [1.29, 1.82) is 0 Å². The third kappa shape index (κ3) is 4.49. The minimum Gasteiger partial charge on any atom is -0.224 e. The van der Waals surface area contributed by atoms with Crippen molar-refractivity contribution in [2.24, 2.45) is 5.92 Å². The van der Waals surface area contributed by atoms with Crippen molar-refractivity contribution < 1.29 is 61.5 Å². The summed E-state index contributed by atoms with van der Waals surface area (Å²) in [4.78, 5) is 0. The van der Waals surface area contributed by atoms with E-state index in [1.54, 1.807) is 0 Å². The van der Waals surface area contributed by atoms with Gasteiger partial charge in [0.25, 0.3) is 11.3 Å². The number of hydrogen-bond donors (Lipinski definition) is 0. The van der Waals surface area contributed by atoms with Crippen LogP contribution in [-0.4, -0.2) is 36.0 Å². The van der Waals surface area contributed by atoms with E-state index in [1.165, 1.54) is 0 Å². The third-order valence-corrected chi connectivity index (χ3v) is 3.22. The second kappa shape index (κ2) is 6.49. The first-order chi connectivity index (χ1) is 10.6. The van der Waals surface area contributed by atoms with Crippen LogP contribution in [0.15, 0.2) is 12.7 Å². The predicted molar refractivity (Wildman–Crippen MR) is 54.8 cm³/mol. The number of hydrogen-bond acceptors (Lipinski definition) is 0. The van der Waals surface area contributed by atoms with E-state index in [-0.39, 0.29) is 6.08 Å². The third-order valence-electron chi connectivity index (χ3n) is 3.22. The van der Waals surface area contributed by atoms with Crippen LogP contribution < -0.4 is 0 Å². The number of alkyl halides is 14. The van der Waals surface area contributed by atoms with Crippen molar-refractivity contribution in [1.82, 2.24) is 0 Å². The lowest BCUT2D eigenvalue weighted by Gasteiger charge is -2.36. The Balaban J connectivity index is 5.94. The second-order valence-electron chi connectivity index (χ2n) is 5.00. The van der Waals surface area contributed by atoms with E-state index in [1.807, 2.05) is 0 Å². The van der Waals surface area contributed by atoms with Gasteiger partial charge in [0.15, 0.2) is 0 Å². The molecule has 0 atom stereocenters. The highest BCUT2D eigenvalue weighted by Gasteiger charge is 2.75. The Labute approximate surface area is 130 Å². The van der Waals surface area contributed by atoms with Gasteiger partial charge in [-0.05, 0) is 5.92 Å². The summed E-state index contributed by atoms with van der Waals surface area (Å²) in [5, 5.41) is 0. The van der Waals surface area contributed by atoms with Crippen LogP contribution in [-0.2, 0) is 0 Å². The van der Waals surface area contributed by atoms with Gasteiger partial charge in [-0.1, -0.05) is 6.08 Å². The lowest BCUT2D eigenvalue weighted by atomic mass is 9.82. The molecule has 0 rings (SSSR count). The number of allylic oxidation sites excluding steroid dienone is 1. The predicted octanol–water partition coefficient (Wildman–Crippen LogP) is 6.23. The largest absolute Gasteiger partial charge is 0.431 e. The molecule has 0 unspecified atom stereocenters. The molecule has 0 spiro atoms. The first kappa shape index (κ1) is 23.8. The molecule has 14 heteroatoms. The molecule has 0 bridgehead atoms. The molecule has 0 N–H and O–H groups in total. The van der Waals surface area contributed by atoms with Crippen molar-refractivity contribution >= 4 is 0 Å². The van der Waals surface area contributed by atoms with Crippen molar-refractivity contribution in [3.05, 3.63) is 12.7 Å². The van der Waals surface area contributed by atoms with Gasteiger partial charge in [-0.3, -0.25) is 0 Å². The molecule has 0 aromatic rings. The maximum absolute atomic E-state index is 13.4. The van der Waals surface area contributed by atoms with E-state index in [9.17, 15) is 61.5 Å². The van der Waals surface area contributed by atoms with E-state index in [0.29, 0.717) is 0 Å². The van der Waals surface area contributed by atoms with Crippen molar-refractivity contribution in [3.63, 3.8) is 0 Å². The minimum atomic E-state index is -6.72. The van der Waals surface area contributed by atoms with E-state index in [4.69, 9.17) is 0 Å². The van der Waals surface area contributed by atoms with Crippen LogP contribution in [0.4, 0.5) is 61.5 Å². The standard InChI is InChI=1S/C11H8F14/c1-2-5(3-6(12,8(14,15)16)9(17,18)19)4-7(13,10(20,21)22)11(23,24)25/h2,5H,1,3-4H2. The summed E-state index contributed by atoms with van der Waals surface area (Å²) < 4.78 is 175. The molecule has 0 radical (unpaired) electrons. The zero-order valence-electron chi connectivity index (χ0n) is 11.6. The van der Waals surface area contributed by atoms with Crippen LogP contribution in [0.1, 0.15) is 12.8 Å². The highest BCUT2D eigenvalue weighted by molar-refractivity contribution is 5.04. The molecule has 0 aromatic carbocycles. The van der Waals surface area contributed by atoms with Crippen molar-refractivity contribution in [2.75, 3.05) is 0 Å². The molecule has 0 nitrogen and oxygen atoms in total. The molecule has 0 saturated carbocycles. The smallest absolute Gasteiger partial charge is 0.224 e. The molecule has 0 saturated heterocycles. The molecule has 0 aliphatic rings. The molecule has 0 aromatic heterocycles. The van der Waals surface area contributed by atoms with Gasteiger partial charge in [0.05, 0.1) is 0 Å². The fourth-order valence-corrected chi connectivity index (χ4v) is 1.75. The lowest BCUT2D eigenvalue weighted by molar-refractivity contribution is -0.355. The summed E-state index contributed by atoms with van der Waals surface area (Å²) in [5.74, 6) is -3.10. The zero-order valence-corrected chi connectivity index (χ0v) is 11.6. The van der Waals surface area contributed by atoms with Gasteiger partial charge >= 0.3 is 24.7 Å². The first-order valence-corrected chi connectivity index (χ1v) is 5.91. The summed E-state index contributed by atoms with van der Waals surface area (Å²) in [7, 11) is 0. The molecule has 0 amide bonds. The highest BCUT2D eigenvalue weighted by Crippen LogP contribution is 2.54. The molecule has 150 valence electrons. The first-order valence-electron chi connectivity index (χ1n) is 5.91. The molecule has 0 heterocycles. The summed E-state index contributed by atoms with van der Waals surface area (Å²) in [6.45, 7) is 2.45. The van der Waals surface area contributed by atoms with Crippen LogP contribution in [0.3, 0.4) is 0 Å². The fraction of sp³-hybridized carbons (Fsp3) is 0.818. The Morgan fingerprint density at radius 2 is 0.720 bits per heavy atom. The van der Waals surface area contributed by atoms with Gasteiger partial charge in [0.1, 0.15) is 0 Å². The van der Waals surface area contributed by atoms with E-state index < -0.39 is 54.8 Å². The van der Waals surface area contributed by atoms with E-state index >= 15 is 0 Å². The van der Waals surface area contributed by atoms with Gasteiger partial charge in [0.2, 0.25) is 0 Å². The van der Waals surface area contributed by atoms with Crippen LogP contribution in [0.5, 0.6) is 0 Å². The maximum atomic E-state index is 13.4. The maximum Gasteiger partial charge on any atom is 0.431 e. The molecule has 0 aliphatic carbocycles. The van der Waals surface area contributed by atoms with Crippen LogP contribution >= 0.6 is 0 Å². The van der Waals surface area contributed by atoms with Crippen LogP contribution in [0.2, 0.25) is 0 Å². The molecule has 25 heavy (non-hydrogen) atoms. The highest BCUT2D eigenvalue weighted by atomic mass is 19.4. The van der Waals surface area contributed by atoms with Gasteiger partial charge in [-0.2, -0.15) is 52.7 Å². The van der Waals surface area contributed by atoms with Gasteiger partial charge in [-0.15, -0.1) is 6.58 Å². The quantitative estimate of drug-likeness (QED) is 0.375. The molecular weight excluding hydrogens is 398 g/mol. The van der Waals surface area contributed by atoms with Crippen LogP contribution in [0, 0.1) is 5.92 Å². The zero-order chi connectivity index (χ0) is 20.7. The number of halogens is 14.